The van der Waals surface area contributed by atoms with E-state index in [1.165, 1.54) is 7.11 Å². The Balaban J connectivity index is 2.03. The minimum Gasteiger partial charge on any atom is -0.465 e. The molecule has 134 valence electrons. The van der Waals surface area contributed by atoms with Gasteiger partial charge in [0, 0.05) is 29.3 Å². The Morgan fingerprint density at radius 1 is 1.08 bits per heavy atom. The molecule has 0 N–H and O–H groups in total. The predicted molar refractivity (Wildman–Crippen MR) is 102 cm³/mol. The van der Waals surface area contributed by atoms with E-state index < -0.39 is 12.0 Å². The first-order valence-electron chi connectivity index (χ1n) is 8.62. The van der Waals surface area contributed by atoms with Crippen molar-refractivity contribution in [2.24, 2.45) is 0 Å². The second-order valence-electron chi connectivity index (χ2n) is 6.05. The van der Waals surface area contributed by atoms with Gasteiger partial charge >= 0.3 is 5.97 Å². The lowest BCUT2D eigenvalue weighted by atomic mass is 10.2. The number of anilines is 1. The molecule has 1 heterocycles. The van der Waals surface area contributed by atoms with E-state index in [1.54, 1.807) is 11.1 Å². The molecule has 0 aliphatic carbocycles. The van der Waals surface area contributed by atoms with Gasteiger partial charge in [-0.25, -0.2) is 4.79 Å². The Kier molecular flexibility index (Phi) is 5.07. The molecule has 0 saturated carbocycles. The largest absolute Gasteiger partial charge is 0.465 e. The average Bonchev–Trinajstić information content (AvgIpc) is 3.08. The van der Waals surface area contributed by atoms with E-state index in [-0.39, 0.29) is 5.91 Å². The number of para-hydroxylation sites is 2. The van der Waals surface area contributed by atoms with Crippen LogP contribution in [0.15, 0.2) is 60.8 Å². The number of esters is 1. The highest BCUT2D eigenvalue weighted by molar-refractivity contribution is 6.05. The third-order valence-corrected chi connectivity index (χ3v) is 4.57. The number of amides is 1. The van der Waals surface area contributed by atoms with Crippen molar-refractivity contribution in [3.8, 4) is 0 Å². The highest BCUT2D eigenvalue weighted by Gasteiger charge is 2.25. The molecule has 0 aliphatic rings. The van der Waals surface area contributed by atoms with Crippen LogP contribution in [0.1, 0.15) is 30.2 Å². The molecule has 0 radical (unpaired) electrons. The van der Waals surface area contributed by atoms with Crippen molar-refractivity contribution in [2.45, 2.75) is 19.9 Å². The normalized spacial score (nSPS) is 12.0. The number of fused-ring (bicyclic) bond motifs is 1. The van der Waals surface area contributed by atoms with E-state index >= 15 is 0 Å². The molecule has 3 rings (SSSR count). The summed E-state index contributed by atoms with van der Waals surface area (Å²) in [6.45, 7) is 4.36. The summed E-state index contributed by atoms with van der Waals surface area (Å²) in [7, 11) is 1.36. The van der Waals surface area contributed by atoms with Crippen molar-refractivity contribution in [3.05, 3.63) is 66.4 Å². The van der Waals surface area contributed by atoms with E-state index in [1.807, 2.05) is 73.0 Å². The molecule has 1 atom stereocenters. The Bertz CT molecular complexity index is 931. The first kappa shape index (κ1) is 17.7. The third-order valence-electron chi connectivity index (χ3n) is 4.57. The van der Waals surface area contributed by atoms with Gasteiger partial charge in [-0.2, -0.15) is 0 Å². The van der Waals surface area contributed by atoms with E-state index in [4.69, 9.17) is 4.74 Å². The van der Waals surface area contributed by atoms with Crippen molar-refractivity contribution in [1.29, 1.82) is 0 Å². The number of nitrogens with zero attached hydrogens (tertiary/aromatic N) is 2. The van der Waals surface area contributed by atoms with Crippen molar-refractivity contribution >= 4 is 28.5 Å². The lowest BCUT2D eigenvalue weighted by molar-refractivity contribution is -0.121. The van der Waals surface area contributed by atoms with Crippen LogP contribution in [-0.4, -0.2) is 30.1 Å². The maximum Gasteiger partial charge on any atom is 0.340 e. The van der Waals surface area contributed by atoms with Crippen molar-refractivity contribution in [1.82, 2.24) is 4.57 Å². The Labute approximate surface area is 152 Å². The molecule has 0 unspecified atom stereocenters. The standard InChI is InChI=1S/C21H22N2O3/c1-4-22(16-10-6-5-7-11-16)20(24)15(2)23-14-18(21(25)26-3)17-12-8-9-13-19(17)23/h5-15H,4H2,1-3H3/t15-/m0/s1. The maximum atomic E-state index is 13.2. The van der Waals surface area contributed by atoms with E-state index in [9.17, 15) is 9.59 Å². The van der Waals surface area contributed by atoms with Gasteiger partial charge in [0.2, 0.25) is 5.91 Å². The number of ether oxygens (including phenoxy) is 1. The second kappa shape index (κ2) is 7.44. The average molecular weight is 350 g/mol. The number of benzene rings is 2. The monoisotopic (exact) mass is 350 g/mol. The number of hydrogen-bond acceptors (Lipinski definition) is 3. The number of carbonyl (C=O) groups excluding carboxylic acids is 2. The molecule has 26 heavy (non-hydrogen) atoms. The summed E-state index contributed by atoms with van der Waals surface area (Å²) in [5.41, 5.74) is 2.15. The Hall–Kier alpha value is -3.08. The fourth-order valence-electron chi connectivity index (χ4n) is 3.22. The number of aromatic nitrogens is 1. The highest BCUT2D eigenvalue weighted by atomic mass is 16.5. The zero-order chi connectivity index (χ0) is 18.7. The van der Waals surface area contributed by atoms with Crippen LogP contribution in [0.3, 0.4) is 0 Å². The Morgan fingerprint density at radius 3 is 2.38 bits per heavy atom. The first-order valence-corrected chi connectivity index (χ1v) is 8.62. The molecule has 0 saturated heterocycles. The molecule has 0 spiro atoms. The molecule has 1 aromatic heterocycles. The van der Waals surface area contributed by atoms with Gasteiger partial charge in [0.05, 0.1) is 12.7 Å². The second-order valence-corrected chi connectivity index (χ2v) is 6.05. The van der Waals surface area contributed by atoms with Gasteiger partial charge in [0.25, 0.3) is 0 Å². The summed E-state index contributed by atoms with van der Waals surface area (Å²) >= 11 is 0. The van der Waals surface area contributed by atoms with Crippen molar-refractivity contribution in [3.63, 3.8) is 0 Å². The minimum absolute atomic E-state index is 0.0316. The molecule has 1 amide bonds. The Morgan fingerprint density at radius 2 is 1.73 bits per heavy atom. The van der Waals surface area contributed by atoms with Crippen LogP contribution in [0.2, 0.25) is 0 Å². The number of carbonyl (C=O) groups is 2. The molecular formula is C21H22N2O3. The van der Waals surface area contributed by atoms with Crippen molar-refractivity contribution < 1.29 is 14.3 Å². The summed E-state index contributed by atoms with van der Waals surface area (Å²) in [6, 6.07) is 16.7. The molecule has 2 aromatic carbocycles. The van der Waals surface area contributed by atoms with Gasteiger partial charge in [-0.3, -0.25) is 4.79 Å². The lowest BCUT2D eigenvalue weighted by Crippen LogP contribution is -2.36. The van der Waals surface area contributed by atoms with Gasteiger partial charge in [0.15, 0.2) is 0 Å². The number of methoxy groups -OCH3 is 1. The summed E-state index contributed by atoms with van der Waals surface area (Å²) < 4.78 is 6.73. The third kappa shape index (κ3) is 3.08. The van der Waals surface area contributed by atoms with Crippen molar-refractivity contribution in [2.75, 3.05) is 18.6 Å². The maximum absolute atomic E-state index is 13.2. The van der Waals surface area contributed by atoms with Crippen LogP contribution in [0.4, 0.5) is 5.69 Å². The van der Waals surface area contributed by atoms with Crippen LogP contribution in [0.5, 0.6) is 0 Å². The van der Waals surface area contributed by atoms with Crippen LogP contribution in [0, 0.1) is 0 Å². The smallest absolute Gasteiger partial charge is 0.340 e. The van der Waals surface area contributed by atoms with E-state index in [0.717, 1.165) is 16.6 Å². The van der Waals surface area contributed by atoms with Crippen LogP contribution < -0.4 is 4.90 Å². The molecular weight excluding hydrogens is 328 g/mol. The summed E-state index contributed by atoms with van der Waals surface area (Å²) in [5, 5.41) is 0.779. The molecule has 5 nitrogen and oxygen atoms in total. The zero-order valence-corrected chi connectivity index (χ0v) is 15.2. The first-order chi connectivity index (χ1) is 12.6. The summed E-state index contributed by atoms with van der Waals surface area (Å²) in [5.74, 6) is -0.439. The predicted octanol–water partition coefficient (Wildman–Crippen LogP) is 4.04. The number of likely N-dealkylation sites (N-methyl/N-ethyl adjacent to an activating group) is 1. The van der Waals surface area contributed by atoms with Gasteiger partial charge in [0.1, 0.15) is 6.04 Å². The van der Waals surface area contributed by atoms with Crippen LogP contribution in [-0.2, 0) is 9.53 Å². The highest BCUT2D eigenvalue weighted by Crippen LogP contribution is 2.27. The van der Waals surface area contributed by atoms with E-state index in [2.05, 4.69) is 0 Å². The van der Waals surface area contributed by atoms with Crippen LogP contribution in [0.25, 0.3) is 10.9 Å². The molecule has 5 heteroatoms. The minimum atomic E-state index is -0.460. The number of rotatable bonds is 5. The fraction of sp³-hybridized carbons (Fsp3) is 0.238. The fourth-order valence-corrected chi connectivity index (χ4v) is 3.22. The van der Waals surface area contributed by atoms with Gasteiger partial charge in [-0.05, 0) is 32.0 Å². The summed E-state index contributed by atoms with van der Waals surface area (Å²) in [4.78, 5) is 27.0. The molecule has 3 aromatic rings. The van der Waals surface area contributed by atoms with Gasteiger partial charge in [-0.15, -0.1) is 0 Å². The SMILES string of the molecule is CCN(C(=O)[C@H](C)n1cc(C(=O)OC)c2ccccc21)c1ccccc1. The lowest BCUT2D eigenvalue weighted by Gasteiger charge is -2.25. The van der Waals surface area contributed by atoms with Gasteiger partial charge in [-0.1, -0.05) is 36.4 Å². The van der Waals surface area contributed by atoms with Gasteiger partial charge < -0.3 is 14.2 Å². The topological polar surface area (TPSA) is 51.5 Å². The summed E-state index contributed by atoms with van der Waals surface area (Å²) in [6.07, 6.45) is 1.71. The quantitative estimate of drug-likeness (QED) is 0.653. The zero-order valence-electron chi connectivity index (χ0n) is 15.2. The van der Waals surface area contributed by atoms with E-state index in [0.29, 0.717) is 12.1 Å². The molecule has 0 fully saturated rings. The number of hydrogen-bond donors (Lipinski definition) is 0. The molecule has 0 bridgehead atoms. The molecule has 0 aliphatic heterocycles. The van der Waals surface area contributed by atoms with Crippen LogP contribution >= 0.6 is 0 Å².